The van der Waals surface area contributed by atoms with Crippen LogP contribution < -0.4 is 5.73 Å². The van der Waals surface area contributed by atoms with E-state index in [1.165, 1.54) is 44.0 Å². The number of hydrogen-bond donors (Lipinski definition) is 1. The average molecular weight is 243 g/mol. The summed E-state index contributed by atoms with van der Waals surface area (Å²) in [5, 5.41) is 0. The second kappa shape index (κ2) is 5.25. The largest absolute Gasteiger partial charge is 0.329 e. The van der Waals surface area contributed by atoms with Gasteiger partial charge in [0, 0.05) is 36.2 Å². The van der Waals surface area contributed by atoms with Crippen LogP contribution in [-0.2, 0) is 0 Å². The molecule has 3 nitrogen and oxygen atoms in total. The standard InChI is InChI=1S/C12H25N3S/c1-11-9-16-8-7-15(11)12(10-13)3-5-14(2)6-4-12/h11H,3-10,13H2,1-2H3. The second-order valence-electron chi connectivity index (χ2n) is 5.35. The Balaban J connectivity index is 2.07. The molecule has 0 aliphatic carbocycles. The van der Waals surface area contributed by atoms with Crippen molar-refractivity contribution in [2.24, 2.45) is 5.73 Å². The highest BCUT2D eigenvalue weighted by molar-refractivity contribution is 7.99. The molecule has 0 saturated carbocycles. The van der Waals surface area contributed by atoms with Crippen molar-refractivity contribution in [1.29, 1.82) is 0 Å². The maximum absolute atomic E-state index is 6.11. The zero-order chi connectivity index (χ0) is 11.6. The van der Waals surface area contributed by atoms with E-state index in [4.69, 9.17) is 5.73 Å². The van der Waals surface area contributed by atoms with Crippen LogP contribution >= 0.6 is 11.8 Å². The van der Waals surface area contributed by atoms with Crippen LogP contribution in [0.25, 0.3) is 0 Å². The molecule has 0 spiro atoms. The number of thioether (sulfide) groups is 1. The number of hydrogen-bond acceptors (Lipinski definition) is 4. The van der Waals surface area contributed by atoms with E-state index < -0.39 is 0 Å². The highest BCUT2D eigenvalue weighted by Gasteiger charge is 2.40. The smallest absolute Gasteiger partial charge is 0.0359 e. The summed E-state index contributed by atoms with van der Waals surface area (Å²) in [6.07, 6.45) is 2.49. The van der Waals surface area contributed by atoms with Gasteiger partial charge in [-0.3, -0.25) is 4.90 Å². The van der Waals surface area contributed by atoms with Crippen molar-refractivity contribution in [3.05, 3.63) is 0 Å². The molecule has 2 rings (SSSR count). The topological polar surface area (TPSA) is 32.5 Å². The second-order valence-corrected chi connectivity index (χ2v) is 6.50. The fourth-order valence-corrected chi connectivity index (χ4v) is 4.09. The maximum Gasteiger partial charge on any atom is 0.0359 e. The van der Waals surface area contributed by atoms with Crippen LogP contribution in [-0.4, -0.2) is 66.1 Å². The highest BCUT2D eigenvalue weighted by Crippen LogP contribution is 2.32. The normalized spacial score (nSPS) is 32.8. The number of likely N-dealkylation sites (tertiary alicyclic amines) is 1. The van der Waals surface area contributed by atoms with Gasteiger partial charge in [-0.2, -0.15) is 11.8 Å². The summed E-state index contributed by atoms with van der Waals surface area (Å²) < 4.78 is 0. The Morgan fingerprint density at radius 3 is 2.56 bits per heavy atom. The lowest BCUT2D eigenvalue weighted by atomic mass is 9.84. The fourth-order valence-electron chi connectivity index (χ4n) is 3.08. The SMILES string of the molecule is CC1CSCCN1C1(CN)CCN(C)CC1. The van der Waals surface area contributed by atoms with Gasteiger partial charge in [0.05, 0.1) is 0 Å². The lowest BCUT2D eigenvalue weighted by Crippen LogP contribution is -2.63. The minimum absolute atomic E-state index is 0.299. The molecule has 94 valence electrons. The minimum atomic E-state index is 0.299. The third-order valence-electron chi connectivity index (χ3n) is 4.27. The van der Waals surface area contributed by atoms with Crippen LogP contribution in [0.4, 0.5) is 0 Å². The van der Waals surface area contributed by atoms with E-state index >= 15 is 0 Å². The quantitative estimate of drug-likeness (QED) is 0.779. The molecule has 0 bridgehead atoms. The van der Waals surface area contributed by atoms with Crippen LogP contribution in [0, 0.1) is 0 Å². The molecule has 2 heterocycles. The first-order valence-corrected chi connectivity index (χ1v) is 7.56. The molecule has 0 amide bonds. The van der Waals surface area contributed by atoms with E-state index in [0.29, 0.717) is 11.6 Å². The third kappa shape index (κ3) is 2.40. The summed E-state index contributed by atoms with van der Waals surface area (Å²) in [6, 6.07) is 0.700. The molecule has 2 N–H and O–H groups in total. The Kier molecular flexibility index (Phi) is 4.16. The van der Waals surface area contributed by atoms with Gasteiger partial charge in [0.25, 0.3) is 0 Å². The van der Waals surface area contributed by atoms with E-state index in [1.807, 2.05) is 0 Å². The van der Waals surface area contributed by atoms with E-state index in [2.05, 4.69) is 35.5 Å². The molecule has 4 heteroatoms. The summed E-state index contributed by atoms with van der Waals surface area (Å²) >= 11 is 2.09. The molecule has 0 aromatic carbocycles. The molecule has 1 unspecified atom stereocenters. The number of nitrogens with two attached hydrogens (primary N) is 1. The molecule has 16 heavy (non-hydrogen) atoms. The van der Waals surface area contributed by atoms with Crippen molar-refractivity contribution in [3.63, 3.8) is 0 Å². The summed E-state index contributed by atoms with van der Waals surface area (Å²) in [6.45, 7) is 6.83. The van der Waals surface area contributed by atoms with Crippen molar-refractivity contribution in [1.82, 2.24) is 9.80 Å². The van der Waals surface area contributed by atoms with Gasteiger partial charge in [0.2, 0.25) is 0 Å². The van der Waals surface area contributed by atoms with Crippen molar-refractivity contribution in [3.8, 4) is 0 Å². The van der Waals surface area contributed by atoms with Gasteiger partial charge in [0.15, 0.2) is 0 Å². The van der Waals surface area contributed by atoms with Gasteiger partial charge in [-0.05, 0) is 39.9 Å². The molecule has 0 radical (unpaired) electrons. The van der Waals surface area contributed by atoms with Crippen molar-refractivity contribution >= 4 is 11.8 Å². The lowest BCUT2D eigenvalue weighted by Gasteiger charge is -2.51. The van der Waals surface area contributed by atoms with Gasteiger partial charge >= 0.3 is 0 Å². The first-order valence-electron chi connectivity index (χ1n) is 6.41. The number of piperidine rings is 1. The summed E-state index contributed by atoms with van der Waals surface area (Å²) in [5.41, 5.74) is 6.41. The van der Waals surface area contributed by atoms with Gasteiger partial charge < -0.3 is 10.6 Å². The van der Waals surface area contributed by atoms with Crippen LogP contribution in [0.15, 0.2) is 0 Å². The van der Waals surface area contributed by atoms with Crippen molar-refractivity contribution in [2.45, 2.75) is 31.3 Å². The van der Waals surface area contributed by atoms with Crippen LogP contribution in [0.5, 0.6) is 0 Å². The van der Waals surface area contributed by atoms with Crippen LogP contribution in [0.3, 0.4) is 0 Å². The molecule has 0 aromatic heterocycles. The zero-order valence-corrected chi connectivity index (χ0v) is 11.4. The van der Waals surface area contributed by atoms with Gasteiger partial charge in [0.1, 0.15) is 0 Å². The number of nitrogens with zero attached hydrogens (tertiary/aromatic N) is 2. The summed E-state index contributed by atoms with van der Waals surface area (Å²) in [7, 11) is 2.22. The van der Waals surface area contributed by atoms with Crippen molar-refractivity contribution in [2.75, 3.05) is 44.7 Å². The van der Waals surface area contributed by atoms with E-state index in [0.717, 1.165) is 6.54 Å². The van der Waals surface area contributed by atoms with Crippen LogP contribution in [0.1, 0.15) is 19.8 Å². The predicted octanol–water partition coefficient (Wildman–Crippen LogP) is 0.847. The Hall–Kier alpha value is 0.230. The molecule has 2 fully saturated rings. The van der Waals surface area contributed by atoms with E-state index in [1.54, 1.807) is 0 Å². The number of rotatable bonds is 2. The van der Waals surface area contributed by atoms with Crippen molar-refractivity contribution < 1.29 is 0 Å². The molecule has 2 aliphatic heterocycles. The van der Waals surface area contributed by atoms with Gasteiger partial charge in [-0.15, -0.1) is 0 Å². The Labute approximate surface area is 104 Å². The Bertz CT molecular complexity index is 226. The average Bonchev–Trinajstić information content (AvgIpc) is 2.32. The first-order chi connectivity index (χ1) is 7.68. The first kappa shape index (κ1) is 12.7. The zero-order valence-electron chi connectivity index (χ0n) is 10.6. The van der Waals surface area contributed by atoms with E-state index in [9.17, 15) is 0 Å². The summed E-state index contributed by atoms with van der Waals surface area (Å²) in [4.78, 5) is 5.13. The minimum Gasteiger partial charge on any atom is -0.329 e. The predicted molar refractivity (Wildman–Crippen MR) is 72.0 cm³/mol. The molecule has 2 aliphatic rings. The highest BCUT2D eigenvalue weighted by atomic mass is 32.2. The fraction of sp³-hybridized carbons (Fsp3) is 1.00. The molecule has 0 aromatic rings. The van der Waals surface area contributed by atoms with Crippen LogP contribution in [0.2, 0.25) is 0 Å². The monoisotopic (exact) mass is 243 g/mol. The lowest BCUT2D eigenvalue weighted by molar-refractivity contribution is 0.0153. The summed E-state index contributed by atoms with van der Waals surface area (Å²) in [5.74, 6) is 2.56. The van der Waals surface area contributed by atoms with Gasteiger partial charge in [-0.25, -0.2) is 0 Å². The molecule has 1 atom stereocenters. The Morgan fingerprint density at radius 1 is 1.31 bits per heavy atom. The third-order valence-corrected chi connectivity index (χ3v) is 5.46. The van der Waals surface area contributed by atoms with E-state index in [-0.39, 0.29) is 0 Å². The molecular formula is C12H25N3S. The molecule has 2 saturated heterocycles. The molecular weight excluding hydrogens is 218 g/mol. The maximum atomic E-state index is 6.11. The van der Waals surface area contributed by atoms with Gasteiger partial charge in [-0.1, -0.05) is 0 Å². The Morgan fingerprint density at radius 2 is 2.00 bits per heavy atom.